The average Bonchev–Trinajstić information content (AvgIpc) is 1.91. The van der Waals surface area contributed by atoms with Crippen LogP contribution in [0.2, 0.25) is 0 Å². The number of hydrogen-bond donors (Lipinski definition) is 1. The average molecular weight is 143 g/mol. The maximum Gasteiger partial charge on any atom is 0.220 e. The Morgan fingerprint density at radius 2 is 1.70 bits per heavy atom. The molecule has 0 fully saturated rings. The fourth-order valence-electron chi connectivity index (χ4n) is 0.350. The SMILES string of the molecule is C/C=C(/C)NC(C)=O.CC. The summed E-state index contributed by atoms with van der Waals surface area (Å²) in [5, 5.41) is 2.61. The van der Waals surface area contributed by atoms with Gasteiger partial charge in [-0.25, -0.2) is 0 Å². The normalized spacial score (nSPS) is 9.50. The van der Waals surface area contributed by atoms with E-state index in [1.165, 1.54) is 6.92 Å². The van der Waals surface area contributed by atoms with Crippen LogP contribution in [0.3, 0.4) is 0 Å². The molecule has 0 aliphatic carbocycles. The molecule has 0 aliphatic heterocycles. The minimum atomic E-state index is -0.0133. The monoisotopic (exact) mass is 143 g/mol. The molecule has 0 saturated carbocycles. The van der Waals surface area contributed by atoms with Crippen LogP contribution < -0.4 is 5.32 Å². The van der Waals surface area contributed by atoms with Gasteiger partial charge in [-0.15, -0.1) is 0 Å². The second-order valence-electron chi connectivity index (χ2n) is 1.65. The molecule has 0 rings (SSSR count). The summed E-state index contributed by atoms with van der Waals surface area (Å²) in [7, 11) is 0. The highest BCUT2D eigenvalue weighted by Crippen LogP contribution is 1.82. The van der Waals surface area contributed by atoms with E-state index in [9.17, 15) is 4.79 Å². The van der Waals surface area contributed by atoms with E-state index in [1.807, 2.05) is 33.8 Å². The maximum absolute atomic E-state index is 10.3. The molecule has 2 nitrogen and oxygen atoms in total. The predicted molar refractivity (Wildman–Crippen MR) is 44.6 cm³/mol. The standard InChI is InChI=1S/C6H11NO.C2H6/c1-4-5(2)7-6(3)8;1-2/h4H,1-3H3,(H,7,8);1-2H3/b5-4-;. The van der Waals surface area contributed by atoms with Crippen LogP contribution in [0, 0.1) is 0 Å². The Kier molecular flexibility index (Phi) is 9.80. The second kappa shape index (κ2) is 8.21. The Labute approximate surface area is 63.3 Å². The van der Waals surface area contributed by atoms with Gasteiger partial charge in [0.25, 0.3) is 0 Å². The molecule has 10 heavy (non-hydrogen) atoms. The van der Waals surface area contributed by atoms with Gasteiger partial charge in [-0.05, 0) is 13.8 Å². The first kappa shape index (κ1) is 11.9. The van der Waals surface area contributed by atoms with Gasteiger partial charge in [0.2, 0.25) is 5.91 Å². The quantitative estimate of drug-likeness (QED) is 0.598. The van der Waals surface area contributed by atoms with E-state index in [0.717, 1.165) is 5.70 Å². The molecule has 1 N–H and O–H groups in total. The van der Waals surface area contributed by atoms with Gasteiger partial charge in [-0.3, -0.25) is 4.79 Å². The van der Waals surface area contributed by atoms with E-state index in [2.05, 4.69) is 5.32 Å². The van der Waals surface area contributed by atoms with Crippen LogP contribution in [0.1, 0.15) is 34.6 Å². The van der Waals surface area contributed by atoms with Gasteiger partial charge in [0.05, 0.1) is 0 Å². The van der Waals surface area contributed by atoms with Crippen LogP contribution in [0.4, 0.5) is 0 Å². The summed E-state index contributed by atoms with van der Waals surface area (Å²) in [4.78, 5) is 10.3. The number of hydrogen-bond acceptors (Lipinski definition) is 1. The largest absolute Gasteiger partial charge is 0.331 e. The summed E-state index contributed by atoms with van der Waals surface area (Å²) < 4.78 is 0. The van der Waals surface area contributed by atoms with Crippen LogP contribution >= 0.6 is 0 Å². The van der Waals surface area contributed by atoms with E-state index in [0.29, 0.717) is 0 Å². The Morgan fingerprint density at radius 3 is 1.80 bits per heavy atom. The molecule has 0 aliphatic rings. The summed E-state index contributed by atoms with van der Waals surface area (Å²) in [6.45, 7) is 9.22. The predicted octanol–water partition coefficient (Wildman–Crippen LogP) is 2.07. The summed E-state index contributed by atoms with van der Waals surface area (Å²) in [5.41, 5.74) is 0.900. The Balaban J connectivity index is 0. The van der Waals surface area contributed by atoms with Gasteiger partial charge in [-0.1, -0.05) is 19.9 Å². The summed E-state index contributed by atoms with van der Waals surface area (Å²) in [6.07, 6.45) is 1.85. The van der Waals surface area contributed by atoms with Crippen molar-refractivity contribution in [3.05, 3.63) is 11.8 Å². The van der Waals surface area contributed by atoms with Crippen LogP contribution in [0.15, 0.2) is 11.8 Å². The van der Waals surface area contributed by atoms with Crippen molar-refractivity contribution in [1.29, 1.82) is 0 Å². The van der Waals surface area contributed by atoms with E-state index >= 15 is 0 Å². The third-order valence-electron chi connectivity index (χ3n) is 0.806. The number of carbonyl (C=O) groups is 1. The Hall–Kier alpha value is -0.790. The van der Waals surface area contributed by atoms with Gasteiger partial charge < -0.3 is 5.32 Å². The summed E-state index contributed by atoms with van der Waals surface area (Å²) in [5.74, 6) is -0.0133. The summed E-state index contributed by atoms with van der Waals surface area (Å²) >= 11 is 0. The minimum absolute atomic E-state index is 0.0133. The van der Waals surface area contributed by atoms with Crippen molar-refractivity contribution in [2.45, 2.75) is 34.6 Å². The Morgan fingerprint density at radius 1 is 1.30 bits per heavy atom. The molecule has 0 saturated heterocycles. The third kappa shape index (κ3) is 10.2. The number of carbonyl (C=O) groups excluding carboxylic acids is 1. The van der Waals surface area contributed by atoms with Gasteiger partial charge in [0, 0.05) is 12.6 Å². The highest BCUT2D eigenvalue weighted by Gasteiger charge is 1.87. The zero-order valence-electron chi connectivity index (χ0n) is 7.49. The molecular formula is C8H17NO. The van der Waals surface area contributed by atoms with Crippen LogP contribution in [-0.2, 0) is 4.79 Å². The fourth-order valence-corrected chi connectivity index (χ4v) is 0.350. The van der Waals surface area contributed by atoms with Gasteiger partial charge in [0.1, 0.15) is 0 Å². The smallest absolute Gasteiger partial charge is 0.220 e. The second-order valence-corrected chi connectivity index (χ2v) is 1.65. The molecule has 0 aromatic carbocycles. The lowest BCUT2D eigenvalue weighted by atomic mass is 10.4. The zero-order chi connectivity index (χ0) is 8.57. The summed E-state index contributed by atoms with van der Waals surface area (Å²) in [6, 6.07) is 0. The molecule has 0 spiro atoms. The van der Waals surface area contributed by atoms with Crippen molar-refractivity contribution in [2.24, 2.45) is 0 Å². The van der Waals surface area contributed by atoms with Gasteiger partial charge in [0.15, 0.2) is 0 Å². The van der Waals surface area contributed by atoms with E-state index in [1.54, 1.807) is 0 Å². The number of amides is 1. The first-order valence-electron chi connectivity index (χ1n) is 3.57. The van der Waals surface area contributed by atoms with Gasteiger partial charge in [-0.2, -0.15) is 0 Å². The molecular weight excluding hydrogens is 126 g/mol. The van der Waals surface area contributed by atoms with Crippen LogP contribution in [0.25, 0.3) is 0 Å². The zero-order valence-corrected chi connectivity index (χ0v) is 7.49. The molecule has 0 radical (unpaired) electrons. The molecule has 0 bridgehead atoms. The van der Waals surface area contributed by atoms with Crippen molar-refractivity contribution in [2.75, 3.05) is 0 Å². The molecule has 0 heterocycles. The molecule has 1 amide bonds. The van der Waals surface area contributed by atoms with Gasteiger partial charge >= 0.3 is 0 Å². The molecule has 0 atom stereocenters. The maximum atomic E-state index is 10.3. The first-order valence-corrected chi connectivity index (χ1v) is 3.57. The van der Waals surface area contributed by atoms with Crippen molar-refractivity contribution in [3.8, 4) is 0 Å². The van der Waals surface area contributed by atoms with Crippen molar-refractivity contribution in [3.63, 3.8) is 0 Å². The third-order valence-corrected chi connectivity index (χ3v) is 0.806. The lowest BCUT2D eigenvalue weighted by Gasteiger charge is -1.96. The van der Waals surface area contributed by atoms with Crippen molar-refractivity contribution >= 4 is 5.91 Å². The molecule has 60 valence electrons. The van der Waals surface area contributed by atoms with Crippen molar-refractivity contribution < 1.29 is 4.79 Å². The topological polar surface area (TPSA) is 29.1 Å². The lowest BCUT2D eigenvalue weighted by Crippen LogP contribution is -2.16. The van der Waals surface area contributed by atoms with Crippen LogP contribution in [-0.4, -0.2) is 5.91 Å². The number of allylic oxidation sites excluding steroid dienone is 2. The fraction of sp³-hybridized carbons (Fsp3) is 0.625. The highest BCUT2D eigenvalue weighted by molar-refractivity contribution is 5.74. The highest BCUT2D eigenvalue weighted by atomic mass is 16.1. The van der Waals surface area contributed by atoms with E-state index < -0.39 is 0 Å². The van der Waals surface area contributed by atoms with E-state index in [4.69, 9.17) is 0 Å². The molecule has 0 unspecified atom stereocenters. The molecule has 2 heteroatoms. The minimum Gasteiger partial charge on any atom is -0.331 e. The Bertz CT molecular complexity index is 116. The lowest BCUT2D eigenvalue weighted by molar-refractivity contribution is -0.118. The van der Waals surface area contributed by atoms with Crippen LogP contribution in [0.5, 0.6) is 0 Å². The van der Waals surface area contributed by atoms with Crippen molar-refractivity contribution in [1.82, 2.24) is 5.32 Å². The number of rotatable bonds is 1. The van der Waals surface area contributed by atoms with E-state index in [-0.39, 0.29) is 5.91 Å². The number of nitrogens with one attached hydrogen (secondary N) is 1. The molecule has 0 aromatic heterocycles. The first-order chi connectivity index (χ1) is 4.66. The molecule has 0 aromatic rings.